The van der Waals surface area contributed by atoms with Crippen molar-refractivity contribution in [2.75, 3.05) is 0 Å². The number of aldehydes is 1. The van der Waals surface area contributed by atoms with Crippen molar-refractivity contribution in [2.24, 2.45) is 5.73 Å². The Kier molecular flexibility index (Phi) is 4.97. The SMILES string of the molecule is CCC(CC(N)=O)Oc1cccc(Cl)c1C=O. The van der Waals surface area contributed by atoms with E-state index in [0.29, 0.717) is 23.5 Å². The van der Waals surface area contributed by atoms with Crippen LogP contribution in [-0.2, 0) is 4.79 Å². The second-order valence-corrected chi connectivity index (χ2v) is 4.00. The van der Waals surface area contributed by atoms with E-state index in [1.807, 2.05) is 6.92 Å². The second kappa shape index (κ2) is 6.25. The molecule has 1 amide bonds. The largest absolute Gasteiger partial charge is 0.489 e. The fraction of sp³-hybridized carbons (Fsp3) is 0.333. The van der Waals surface area contributed by atoms with Crippen LogP contribution in [0.15, 0.2) is 18.2 Å². The second-order valence-electron chi connectivity index (χ2n) is 3.59. The monoisotopic (exact) mass is 255 g/mol. The van der Waals surface area contributed by atoms with E-state index < -0.39 is 5.91 Å². The first-order chi connectivity index (χ1) is 8.08. The number of primary amides is 1. The molecule has 0 spiro atoms. The van der Waals surface area contributed by atoms with Gasteiger partial charge in [-0.3, -0.25) is 9.59 Å². The highest BCUT2D eigenvalue weighted by Crippen LogP contribution is 2.26. The van der Waals surface area contributed by atoms with Crippen LogP contribution in [0.1, 0.15) is 30.1 Å². The Labute approximate surface area is 105 Å². The van der Waals surface area contributed by atoms with Gasteiger partial charge in [0.2, 0.25) is 5.91 Å². The van der Waals surface area contributed by atoms with E-state index in [1.54, 1.807) is 18.2 Å². The van der Waals surface area contributed by atoms with Crippen molar-refractivity contribution in [3.05, 3.63) is 28.8 Å². The molecule has 17 heavy (non-hydrogen) atoms. The molecule has 0 aliphatic heterocycles. The van der Waals surface area contributed by atoms with E-state index in [4.69, 9.17) is 22.1 Å². The quantitative estimate of drug-likeness (QED) is 0.792. The fourth-order valence-corrected chi connectivity index (χ4v) is 1.62. The van der Waals surface area contributed by atoms with Gasteiger partial charge in [-0.25, -0.2) is 0 Å². The number of hydrogen-bond donors (Lipinski definition) is 1. The molecule has 92 valence electrons. The highest BCUT2D eigenvalue weighted by Gasteiger charge is 2.15. The smallest absolute Gasteiger partial charge is 0.221 e. The lowest BCUT2D eigenvalue weighted by atomic mass is 10.1. The molecule has 0 aliphatic rings. The van der Waals surface area contributed by atoms with E-state index in [2.05, 4.69) is 0 Å². The lowest BCUT2D eigenvalue weighted by Crippen LogP contribution is -2.24. The molecule has 0 aromatic heterocycles. The van der Waals surface area contributed by atoms with Gasteiger partial charge in [-0.15, -0.1) is 0 Å². The molecule has 0 radical (unpaired) electrons. The van der Waals surface area contributed by atoms with E-state index in [-0.39, 0.29) is 18.1 Å². The van der Waals surface area contributed by atoms with Gasteiger partial charge < -0.3 is 10.5 Å². The van der Waals surface area contributed by atoms with Crippen molar-refractivity contribution in [3.63, 3.8) is 0 Å². The number of amides is 1. The van der Waals surface area contributed by atoms with Crippen LogP contribution in [0.5, 0.6) is 5.75 Å². The molecule has 1 rings (SSSR count). The molecule has 0 heterocycles. The third-order valence-electron chi connectivity index (χ3n) is 2.31. The zero-order valence-electron chi connectivity index (χ0n) is 9.48. The average Bonchev–Trinajstić information content (AvgIpc) is 2.28. The number of halogens is 1. The zero-order valence-corrected chi connectivity index (χ0v) is 10.2. The Balaban J connectivity index is 2.89. The number of carbonyl (C=O) groups excluding carboxylic acids is 2. The Hall–Kier alpha value is -1.55. The van der Waals surface area contributed by atoms with Crippen molar-refractivity contribution < 1.29 is 14.3 Å². The number of carbonyl (C=O) groups is 2. The summed E-state index contributed by atoms with van der Waals surface area (Å²) in [6.45, 7) is 1.87. The van der Waals surface area contributed by atoms with Gasteiger partial charge in [0.25, 0.3) is 0 Å². The number of nitrogens with two attached hydrogens (primary N) is 1. The molecular weight excluding hydrogens is 242 g/mol. The van der Waals surface area contributed by atoms with E-state index in [9.17, 15) is 9.59 Å². The van der Waals surface area contributed by atoms with Crippen LogP contribution >= 0.6 is 11.6 Å². The minimum absolute atomic E-state index is 0.112. The molecular formula is C12H14ClNO3. The van der Waals surface area contributed by atoms with Crippen molar-refractivity contribution in [3.8, 4) is 5.75 Å². The molecule has 0 aliphatic carbocycles. The highest BCUT2D eigenvalue weighted by atomic mass is 35.5. The van der Waals surface area contributed by atoms with Gasteiger partial charge in [-0.05, 0) is 18.6 Å². The summed E-state index contributed by atoms with van der Waals surface area (Å²) in [5.74, 6) is -0.0628. The van der Waals surface area contributed by atoms with Crippen LogP contribution in [0.4, 0.5) is 0 Å². The first-order valence-corrected chi connectivity index (χ1v) is 5.65. The van der Waals surface area contributed by atoms with Crippen molar-refractivity contribution in [1.82, 2.24) is 0 Å². The molecule has 1 aromatic carbocycles. The number of hydrogen-bond acceptors (Lipinski definition) is 3. The Morgan fingerprint density at radius 1 is 1.59 bits per heavy atom. The summed E-state index contributed by atoms with van der Waals surface area (Å²) in [6.07, 6.45) is 1.02. The first-order valence-electron chi connectivity index (χ1n) is 5.27. The minimum atomic E-state index is -0.438. The molecule has 1 atom stereocenters. The van der Waals surface area contributed by atoms with E-state index in [0.717, 1.165) is 0 Å². The third kappa shape index (κ3) is 3.75. The molecule has 0 saturated heterocycles. The van der Waals surface area contributed by atoms with E-state index >= 15 is 0 Å². The summed E-state index contributed by atoms with van der Waals surface area (Å²) in [7, 11) is 0. The maximum Gasteiger partial charge on any atom is 0.221 e. The Morgan fingerprint density at radius 3 is 2.82 bits per heavy atom. The maximum absolute atomic E-state index is 10.9. The molecule has 1 aromatic rings. The summed E-state index contributed by atoms with van der Waals surface area (Å²) in [5.41, 5.74) is 5.40. The van der Waals surface area contributed by atoms with Crippen LogP contribution in [0.3, 0.4) is 0 Å². The Morgan fingerprint density at radius 2 is 2.29 bits per heavy atom. The first kappa shape index (κ1) is 13.5. The van der Waals surface area contributed by atoms with Gasteiger partial charge in [0.1, 0.15) is 11.9 Å². The van der Waals surface area contributed by atoms with Gasteiger partial charge in [-0.2, -0.15) is 0 Å². The van der Waals surface area contributed by atoms with Crippen molar-refractivity contribution in [1.29, 1.82) is 0 Å². The van der Waals surface area contributed by atoms with Crippen LogP contribution in [-0.4, -0.2) is 18.3 Å². The molecule has 0 bridgehead atoms. The van der Waals surface area contributed by atoms with Gasteiger partial charge in [0.15, 0.2) is 6.29 Å². The van der Waals surface area contributed by atoms with Gasteiger partial charge in [-0.1, -0.05) is 24.6 Å². The van der Waals surface area contributed by atoms with Crippen LogP contribution in [0, 0.1) is 0 Å². The predicted octanol–water partition coefficient (Wildman–Crippen LogP) is 2.19. The number of ether oxygens (including phenoxy) is 1. The average molecular weight is 256 g/mol. The zero-order chi connectivity index (χ0) is 12.8. The minimum Gasteiger partial charge on any atom is -0.489 e. The van der Waals surface area contributed by atoms with Gasteiger partial charge >= 0.3 is 0 Å². The van der Waals surface area contributed by atoms with Crippen LogP contribution < -0.4 is 10.5 Å². The lowest BCUT2D eigenvalue weighted by molar-refractivity contribution is -0.119. The third-order valence-corrected chi connectivity index (χ3v) is 2.64. The molecule has 1 unspecified atom stereocenters. The predicted molar refractivity (Wildman–Crippen MR) is 65.4 cm³/mol. The summed E-state index contributed by atoms with van der Waals surface area (Å²) in [5, 5.41) is 0.325. The molecule has 5 heteroatoms. The molecule has 4 nitrogen and oxygen atoms in total. The molecule has 2 N–H and O–H groups in total. The summed E-state index contributed by atoms with van der Waals surface area (Å²) >= 11 is 5.86. The summed E-state index contributed by atoms with van der Waals surface area (Å²) in [4.78, 5) is 21.7. The Bertz CT molecular complexity index is 420. The van der Waals surface area contributed by atoms with Crippen LogP contribution in [0.25, 0.3) is 0 Å². The number of benzene rings is 1. The van der Waals surface area contributed by atoms with Gasteiger partial charge in [0, 0.05) is 0 Å². The standard InChI is InChI=1S/C12H14ClNO3/c1-2-8(6-12(14)16)17-11-5-3-4-10(13)9(11)7-15/h3-5,7-8H,2,6H2,1H3,(H2,14,16). The van der Waals surface area contributed by atoms with Crippen molar-refractivity contribution >= 4 is 23.8 Å². The maximum atomic E-state index is 10.9. The van der Waals surface area contributed by atoms with E-state index in [1.165, 1.54) is 0 Å². The molecule has 0 fully saturated rings. The van der Waals surface area contributed by atoms with Gasteiger partial charge in [0.05, 0.1) is 17.0 Å². The number of rotatable bonds is 6. The highest BCUT2D eigenvalue weighted by molar-refractivity contribution is 6.33. The fourth-order valence-electron chi connectivity index (χ4n) is 1.41. The lowest BCUT2D eigenvalue weighted by Gasteiger charge is -2.17. The normalized spacial score (nSPS) is 11.9. The summed E-state index contributed by atoms with van der Waals surface area (Å²) < 4.78 is 5.56. The van der Waals surface area contributed by atoms with Crippen molar-refractivity contribution in [2.45, 2.75) is 25.9 Å². The molecule has 0 saturated carbocycles. The summed E-state index contributed by atoms with van der Waals surface area (Å²) in [6, 6.07) is 4.92. The topological polar surface area (TPSA) is 69.4 Å². The van der Waals surface area contributed by atoms with Crippen LogP contribution in [0.2, 0.25) is 5.02 Å².